The number of hydrogen-bond acceptors (Lipinski definition) is 4. The average Bonchev–Trinajstić information content (AvgIpc) is 2.76. The summed E-state index contributed by atoms with van der Waals surface area (Å²) in [7, 11) is -3.61. The van der Waals surface area contributed by atoms with Gasteiger partial charge in [0.25, 0.3) is 5.56 Å². The van der Waals surface area contributed by atoms with Crippen molar-refractivity contribution in [1.29, 1.82) is 0 Å². The van der Waals surface area contributed by atoms with Crippen LogP contribution < -0.4 is 10.9 Å². The van der Waals surface area contributed by atoms with Crippen molar-refractivity contribution in [2.75, 3.05) is 13.2 Å². The summed E-state index contributed by atoms with van der Waals surface area (Å²) < 4.78 is 24.7. The molecule has 7 heteroatoms. The standard InChI is InChI=1S/C14H19N2O4P/c1-4-19-21(18,20-5-2)13-11(3)15-16(14(13)17)12-9-7-6-8-10-12/h6-10,15H,4-5H2,1-3H3. The molecule has 0 saturated heterocycles. The van der Waals surface area contributed by atoms with Crippen molar-refractivity contribution in [3.63, 3.8) is 0 Å². The van der Waals surface area contributed by atoms with Crippen LogP contribution in [0.15, 0.2) is 35.1 Å². The molecule has 0 aliphatic carbocycles. The Bertz CT molecular complexity index is 696. The van der Waals surface area contributed by atoms with Gasteiger partial charge in [-0.25, -0.2) is 4.68 Å². The van der Waals surface area contributed by atoms with Crippen LogP contribution in [0.2, 0.25) is 0 Å². The van der Waals surface area contributed by atoms with E-state index in [4.69, 9.17) is 9.05 Å². The number of aromatic nitrogens is 2. The van der Waals surface area contributed by atoms with Crippen LogP contribution in [-0.4, -0.2) is 23.0 Å². The smallest absolute Gasteiger partial charge is 0.305 e. The minimum atomic E-state index is -3.61. The summed E-state index contributed by atoms with van der Waals surface area (Å²) in [5.74, 6) is 0. The third-order valence-electron chi connectivity index (χ3n) is 2.93. The quantitative estimate of drug-likeness (QED) is 0.831. The van der Waals surface area contributed by atoms with Crippen LogP contribution in [0, 0.1) is 6.92 Å². The Morgan fingerprint density at radius 3 is 2.24 bits per heavy atom. The van der Waals surface area contributed by atoms with E-state index in [1.165, 1.54) is 4.68 Å². The number of aryl methyl sites for hydroxylation is 1. The lowest BCUT2D eigenvalue weighted by Gasteiger charge is -2.15. The fraction of sp³-hybridized carbons (Fsp3) is 0.357. The van der Waals surface area contributed by atoms with Gasteiger partial charge in [0, 0.05) is 0 Å². The first-order valence-corrected chi connectivity index (χ1v) is 8.34. The van der Waals surface area contributed by atoms with Crippen molar-refractivity contribution < 1.29 is 13.6 Å². The Morgan fingerprint density at radius 1 is 1.14 bits per heavy atom. The summed E-state index contributed by atoms with van der Waals surface area (Å²) in [6.07, 6.45) is 0. The van der Waals surface area contributed by atoms with Crippen molar-refractivity contribution in [1.82, 2.24) is 9.78 Å². The van der Waals surface area contributed by atoms with Crippen molar-refractivity contribution in [2.24, 2.45) is 0 Å². The van der Waals surface area contributed by atoms with Gasteiger partial charge in [-0.2, -0.15) is 0 Å². The lowest BCUT2D eigenvalue weighted by Crippen LogP contribution is -2.29. The Morgan fingerprint density at radius 2 is 1.71 bits per heavy atom. The number of rotatable bonds is 6. The fourth-order valence-electron chi connectivity index (χ4n) is 2.13. The van der Waals surface area contributed by atoms with E-state index in [9.17, 15) is 9.36 Å². The van der Waals surface area contributed by atoms with Gasteiger partial charge in [0.2, 0.25) is 0 Å². The number of nitrogens with one attached hydrogen (secondary N) is 1. The second-order valence-corrected chi connectivity index (χ2v) is 6.35. The third-order valence-corrected chi connectivity index (χ3v) is 5.20. The average molecular weight is 310 g/mol. The normalized spacial score (nSPS) is 11.8. The number of hydrogen-bond donors (Lipinski definition) is 1. The van der Waals surface area contributed by atoms with Gasteiger partial charge in [-0.3, -0.25) is 14.5 Å². The van der Waals surface area contributed by atoms with Crippen molar-refractivity contribution >= 4 is 12.9 Å². The zero-order valence-electron chi connectivity index (χ0n) is 12.3. The van der Waals surface area contributed by atoms with E-state index in [1.54, 1.807) is 32.9 Å². The summed E-state index contributed by atoms with van der Waals surface area (Å²) in [5, 5.41) is 2.99. The minimum absolute atomic E-state index is 0.0649. The van der Waals surface area contributed by atoms with Crippen LogP contribution in [0.25, 0.3) is 5.69 Å². The minimum Gasteiger partial charge on any atom is -0.305 e. The molecule has 2 rings (SSSR count). The third kappa shape index (κ3) is 3.02. The van der Waals surface area contributed by atoms with Gasteiger partial charge in [-0.05, 0) is 32.9 Å². The molecule has 6 nitrogen and oxygen atoms in total. The molecule has 0 amide bonds. The lowest BCUT2D eigenvalue weighted by molar-refractivity contribution is 0.229. The molecule has 0 unspecified atom stereocenters. The van der Waals surface area contributed by atoms with E-state index in [-0.39, 0.29) is 18.5 Å². The Labute approximate surface area is 123 Å². The number of H-pyrrole nitrogens is 1. The molecular weight excluding hydrogens is 291 g/mol. The van der Waals surface area contributed by atoms with Crippen molar-refractivity contribution in [3.8, 4) is 5.69 Å². The number of para-hydroxylation sites is 1. The van der Waals surface area contributed by atoms with E-state index < -0.39 is 13.2 Å². The van der Waals surface area contributed by atoms with E-state index in [2.05, 4.69) is 5.10 Å². The number of benzene rings is 1. The molecule has 0 fully saturated rings. The maximum absolute atomic E-state index is 12.8. The van der Waals surface area contributed by atoms with Gasteiger partial charge in [-0.15, -0.1) is 0 Å². The largest absolute Gasteiger partial charge is 0.368 e. The van der Waals surface area contributed by atoms with Crippen LogP contribution in [0.4, 0.5) is 0 Å². The van der Waals surface area contributed by atoms with Gasteiger partial charge in [0.15, 0.2) is 5.30 Å². The van der Waals surface area contributed by atoms with E-state index in [1.807, 2.05) is 18.2 Å². The van der Waals surface area contributed by atoms with Crippen LogP contribution in [-0.2, 0) is 13.6 Å². The molecule has 0 radical (unpaired) electrons. The molecule has 21 heavy (non-hydrogen) atoms. The lowest BCUT2D eigenvalue weighted by atomic mass is 10.3. The summed E-state index contributed by atoms with van der Waals surface area (Å²) in [5.41, 5.74) is 0.731. The molecule has 0 aliphatic heterocycles. The molecule has 0 saturated carbocycles. The summed E-state index contributed by atoms with van der Waals surface area (Å²) in [4.78, 5) is 12.6. The fourth-order valence-corrected chi connectivity index (χ4v) is 3.93. The highest BCUT2D eigenvalue weighted by atomic mass is 31.2. The molecule has 0 bridgehead atoms. The number of nitrogens with zero attached hydrogens (tertiary/aromatic N) is 1. The van der Waals surface area contributed by atoms with Gasteiger partial charge in [0.05, 0.1) is 24.6 Å². The monoisotopic (exact) mass is 310 g/mol. The second kappa shape index (κ2) is 6.43. The predicted molar refractivity (Wildman–Crippen MR) is 81.6 cm³/mol. The van der Waals surface area contributed by atoms with E-state index in [0.717, 1.165) is 0 Å². The topological polar surface area (TPSA) is 73.3 Å². The molecule has 114 valence electrons. The molecular formula is C14H19N2O4P. The molecule has 0 aliphatic rings. The SMILES string of the molecule is CCOP(=O)(OCC)c1c(C)[nH]n(-c2ccccc2)c1=O. The zero-order chi connectivity index (χ0) is 15.5. The maximum atomic E-state index is 12.8. The zero-order valence-corrected chi connectivity index (χ0v) is 13.2. The van der Waals surface area contributed by atoms with Crippen molar-refractivity contribution in [2.45, 2.75) is 20.8 Å². The Hall–Kier alpha value is -1.62. The van der Waals surface area contributed by atoms with E-state index >= 15 is 0 Å². The molecule has 1 heterocycles. The van der Waals surface area contributed by atoms with Crippen molar-refractivity contribution in [3.05, 3.63) is 46.4 Å². The van der Waals surface area contributed by atoms with Crippen LogP contribution in [0.5, 0.6) is 0 Å². The summed E-state index contributed by atoms with van der Waals surface area (Å²) >= 11 is 0. The Kier molecular flexibility index (Phi) is 4.83. The molecule has 1 aromatic heterocycles. The first kappa shape index (κ1) is 15.8. The van der Waals surface area contributed by atoms with Gasteiger partial charge in [0.1, 0.15) is 0 Å². The molecule has 1 aromatic carbocycles. The molecule has 0 spiro atoms. The summed E-state index contributed by atoms with van der Waals surface area (Å²) in [6, 6.07) is 9.07. The van der Waals surface area contributed by atoms with E-state index in [0.29, 0.717) is 11.4 Å². The molecule has 0 atom stereocenters. The first-order chi connectivity index (χ1) is 10.0. The highest BCUT2D eigenvalue weighted by Crippen LogP contribution is 2.46. The highest BCUT2D eigenvalue weighted by Gasteiger charge is 2.34. The first-order valence-electron chi connectivity index (χ1n) is 6.80. The predicted octanol–water partition coefficient (Wildman–Crippen LogP) is 2.37. The molecule has 1 N–H and O–H groups in total. The maximum Gasteiger partial charge on any atom is 0.368 e. The highest BCUT2D eigenvalue weighted by molar-refractivity contribution is 7.62. The van der Waals surface area contributed by atoms with Gasteiger partial charge >= 0.3 is 7.60 Å². The molecule has 2 aromatic rings. The van der Waals surface area contributed by atoms with Gasteiger partial charge in [-0.1, -0.05) is 18.2 Å². The van der Waals surface area contributed by atoms with Crippen LogP contribution in [0.1, 0.15) is 19.5 Å². The Balaban J connectivity index is 2.59. The summed E-state index contributed by atoms with van der Waals surface area (Å²) in [6.45, 7) is 5.51. The second-order valence-electron chi connectivity index (χ2n) is 4.39. The van der Waals surface area contributed by atoms with Gasteiger partial charge < -0.3 is 9.05 Å². The number of aromatic amines is 1. The van der Waals surface area contributed by atoms with Crippen LogP contribution >= 0.6 is 7.60 Å². The van der Waals surface area contributed by atoms with Crippen LogP contribution in [0.3, 0.4) is 0 Å².